The highest BCUT2D eigenvalue weighted by molar-refractivity contribution is 6.41. The summed E-state index contributed by atoms with van der Waals surface area (Å²) in [6.45, 7) is 0. The lowest BCUT2D eigenvalue weighted by atomic mass is 9.69. The summed E-state index contributed by atoms with van der Waals surface area (Å²) in [7, 11) is 0. The van der Waals surface area contributed by atoms with Crippen LogP contribution in [-0.4, -0.2) is 23.9 Å². The van der Waals surface area contributed by atoms with E-state index in [1.54, 1.807) is 24.3 Å². The predicted molar refractivity (Wildman–Crippen MR) is 279 cm³/mol. The lowest BCUT2D eigenvalue weighted by Crippen LogP contribution is -2.27. The fourth-order valence-electron chi connectivity index (χ4n) is 11.2. The van der Waals surface area contributed by atoms with Gasteiger partial charge in [0.2, 0.25) is 0 Å². The molecule has 0 spiro atoms. The number of ether oxygens (including phenoxy) is 2. The summed E-state index contributed by atoms with van der Waals surface area (Å²) < 4.78 is 10.9. The molecule has 2 aliphatic heterocycles. The first-order chi connectivity index (χ1) is 35.4. The highest BCUT2D eigenvalue weighted by atomic mass is 16.6. The summed E-state index contributed by atoms with van der Waals surface area (Å²) >= 11 is 0. The van der Waals surface area contributed by atoms with Gasteiger partial charge >= 0.3 is 23.9 Å². The van der Waals surface area contributed by atoms with Gasteiger partial charge in [-0.2, -0.15) is 0 Å². The molecule has 0 bridgehead atoms. The quantitative estimate of drug-likeness (QED) is 0.0412. The smallest absolute Gasteiger partial charge is 0.346 e. The third kappa shape index (κ3) is 6.20. The van der Waals surface area contributed by atoms with Crippen LogP contribution in [0.3, 0.4) is 0 Å². The molecular formula is C66H36O6. The molecule has 6 nitrogen and oxygen atoms in total. The van der Waals surface area contributed by atoms with Crippen LogP contribution in [0.5, 0.6) is 0 Å². The van der Waals surface area contributed by atoms with Gasteiger partial charge in [-0.05, 0) is 73.8 Å². The molecule has 336 valence electrons. The molecule has 6 heteroatoms. The summed E-state index contributed by atoms with van der Waals surface area (Å²) in [5.41, 5.74) is 5.30. The van der Waals surface area contributed by atoms with Crippen LogP contribution in [-0.2, 0) is 20.3 Å². The van der Waals surface area contributed by atoms with E-state index in [-0.39, 0.29) is 22.3 Å². The van der Waals surface area contributed by atoms with Gasteiger partial charge in [-0.25, -0.2) is 19.2 Å². The van der Waals surface area contributed by atoms with Gasteiger partial charge in [0.1, 0.15) is 10.8 Å². The van der Waals surface area contributed by atoms with Crippen molar-refractivity contribution in [2.24, 2.45) is 0 Å². The average Bonchev–Trinajstić information content (AvgIpc) is 3.43. The molecule has 0 saturated heterocycles. The van der Waals surface area contributed by atoms with Crippen LogP contribution in [0.4, 0.5) is 0 Å². The number of hydrogen-bond acceptors (Lipinski definition) is 6. The molecule has 11 aromatic carbocycles. The van der Waals surface area contributed by atoms with Crippen molar-refractivity contribution in [2.75, 3.05) is 0 Å². The maximum absolute atomic E-state index is 14.3. The Morgan fingerprint density at radius 3 is 0.861 bits per heavy atom. The highest BCUT2D eigenvalue weighted by Crippen LogP contribution is 2.49. The fraction of sp³-hybridized carbons (Fsp3) is 0.0303. The van der Waals surface area contributed by atoms with Crippen LogP contribution in [0.1, 0.15) is 85.9 Å². The standard InChI is InChI=1S/C66H36O6/c67-61-51-33-31-49-55-41(35-37-65(43-19-7-1-8-20-43,44-21-9-2-10-22-44)45-23-11-3-12-24-45)39-53-59-54(64(70)72-63(53)69)40-42(56(60(55)59)50-32-34-52(62(68)71-61)58(51)57(49)50)36-38-66(46-25-13-4-14-26-46,47-27-15-5-16-28-47)48-29-17-6-18-30-48/h1-34,39-40H. The van der Waals surface area contributed by atoms with Crippen molar-refractivity contribution in [1.82, 2.24) is 0 Å². The number of benzene rings is 11. The van der Waals surface area contributed by atoms with Crippen molar-refractivity contribution in [3.05, 3.63) is 285 Å². The number of carbonyl (C=O) groups is 4. The Morgan fingerprint density at radius 2 is 0.556 bits per heavy atom. The largest absolute Gasteiger partial charge is 0.386 e. The number of fused-ring (bicyclic) bond motifs is 2. The van der Waals surface area contributed by atoms with Gasteiger partial charge in [-0.3, -0.25) is 0 Å². The molecule has 11 aromatic rings. The molecule has 0 atom stereocenters. The van der Waals surface area contributed by atoms with Gasteiger partial charge in [0, 0.05) is 38.1 Å². The summed E-state index contributed by atoms with van der Waals surface area (Å²) in [6.07, 6.45) is 0. The van der Waals surface area contributed by atoms with Crippen molar-refractivity contribution in [1.29, 1.82) is 0 Å². The third-order valence-corrected chi connectivity index (χ3v) is 14.4. The molecule has 2 aliphatic rings. The zero-order chi connectivity index (χ0) is 48.6. The van der Waals surface area contributed by atoms with Gasteiger partial charge in [-0.15, -0.1) is 0 Å². The van der Waals surface area contributed by atoms with Gasteiger partial charge in [0.05, 0.1) is 22.3 Å². The predicted octanol–water partition coefficient (Wildman–Crippen LogP) is 13.1. The van der Waals surface area contributed by atoms with E-state index in [2.05, 4.69) is 96.5 Å². The Kier molecular flexibility index (Phi) is 9.61. The first-order valence-electron chi connectivity index (χ1n) is 23.6. The summed E-state index contributed by atoms with van der Waals surface area (Å²) in [6, 6.07) is 71.1. The Balaban J connectivity index is 1.22. The molecule has 0 unspecified atom stereocenters. The zero-order valence-electron chi connectivity index (χ0n) is 38.2. The SMILES string of the molecule is O=C1OC(=O)c2ccc3c4c(C#CC(c5ccccc5)(c5ccccc5)c5ccccc5)cc5c6c(cc(C#CC(c7ccccc7)(c7ccccc7)c7ccccc7)c(c7ccc1c2c73)c64)C(=O)OC5=O. The van der Waals surface area contributed by atoms with E-state index < -0.39 is 34.7 Å². The number of rotatable bonds is 6. The zero-order valence-corrected chi connectivity index (χ0v) is 38.2. The van der Waals surface area contributed by atoms with E-state index in [1.165, 1.54) is 0 Å². The normalized spacial score (nSPS) is 13.1. The molecule has 0 N–H and O–H groups in total. The van der Waals surface area contributed by atoms with Crippen LogP contribution >= 0.6 is 0 Å². The molecule has 0 saturated carbocycles. The van der Waals surface area contributed by atoms with Gasteiger partial charge in [0.25, 0.3) is 0 Å². The van der Waals surface area contributed by atoms with E-state index >= 15 is 0 Å². The maximum atomic E-state index is 14.3. The van der Waals surface area contributed by atoms with Crippen LogP contribution in [0, 0.1) is 23.7 Å². The fourth-order valence-corrected chi connectivity index (χ4v) is 11.2. The topological polar surface area (TPSA) is 86.7 Å². The first-order valence-corrected chi connectivity index (χ1v) is 23.6. The number of cyclic esters (lactones) is 4. The van der Waals surface area contributed by atoms with Crippen LogP contribution in [0.25, 0.3) is 43.1 Å². The molecular weight excluding hydrogens is 889 g/mol. The van der Waals surface area contributed by atoms with Crippen molar-refractivity contribution >= 4 is 67.0 Å². The minimum absolute atomic E-state index is 0.179. The van der Waals surface area contributed by atoms with Crippen LogP contribution < -0.4 is 0 Å². The van der Waals surface area contributed by atoms with E-state index in [9.17, 15) is 19.2 Å². The molecule has 0 fully saturated rings. The van der Waals surface area contributed by atoms with Crippen LogP contribution in [0.15, 0.2) is 218 Å². The monoisotopic (exact) mass is 924 g/mol. The van der Waals surface area contributed by atoms with Crippen molar-refractivity contribution in [3.63, 3.8) is 0 Å². The lowest BCUT2D eigenvalue weighted by Gasteiger charge is -2.31. The minimum Gasteiger partial charge on any atom is -0.386 e. The Bertz CT molecular complexity index is 3740. The summed E-state index contributed by atoms with van der Waals surface area (Å²) in [5, 5.41) is 4.63. The molecule has 0 aromatic heterocycles. The second-order valence-electron chi connectivity index (χ2n) is 18.1. The third-order valence-electron chi connectivity index (χ3n) is 14.4. The van der Waals surface area contributed by atoms with Gasteiger partial charge in [-0.1, -0.05) is 218 Å². The molecule has 0 amide bonds. The first kappa shape index (κ1) is 42.2. The average molecular weight is 925 g/mol. The highest BCUT2D eigenvalue weighted by Gasteiger charge is 2.38. The number of carbonyl (C=O) groups excluding carboxylic acids is 4. The molecule has 13 rings (SSSR count). The van der Waals surface area contributed by atoms with E-state index in [0.29, 0.717) is 54.2 Å². The number of hydrogen-bond donors (Lipinski definition) is 0. The summed E-state index contributed by atoms with van der Waals surface area (Å²) in [5.74, 6) is 11.8. The van der Waals surface area contributed by atoms with Crippen LogP contribution in [0.2, 0.25) is 0 Å². The maximum Gasteiger partial charge on any atom is 0.346 e. The summed E-state index contributed by atoms with van der Waals surface area (Å²) in [4.78, 5) is 55.8. The van der Waals surface area contributed by atoms with Crippen molar-refractivity contribution in [3.8, 4) is 23.7 Å². The number of esters is 4. The minimum atomic E-state index is -1.02. The Hall–Kier alpha value is -9.88. The Morgan fingerprint density at radius 1 is 0.278 bits per heavy atom. The Labute approximate surface area is 413 Å². The second kappa shape index (κ2) is 16.4. The van der Waals surface area contributed by atoms with Gasteiger partial charge < -0.3 is 9.47 Å². The van der Waals surface area contributed by atoms with E-state index in [0.717, 1.165) is 33.4 Å². The molecule has 2 heterocycles. The molecule has 72 heavy (non-hydrogen) atoms. The van der Waals surface area contributed by atoms with E-state index in [4.69, 9.17) is 9.47 Å². The van der Waals surface area contributed by atoms with Crippen molar-refractivity contribution < 1.29 is 28.7 Å². The van der Waals surface area contributed by atoms with Gasteiger partial charge in [0.15, 0.2) is 0 Å². The second-order valence-corrected chi connectivity index (χ2v) is 18.1. The van der Waals surface area contributed by atoms with Crippen molar-refractivity contribution in [2.45, 2.75) is 10.8 Å². The molecule has 0 aliphatic carbocycles. The van der Waals surface area contributed by atoms with E-state index in [1.807, 2.05) is 121 Å². The molecule has 0 radical (unpaired) electrons. The lowest BCUT2D eigenvalue weighted by molar-refractivity contribution is 0.0373.